The Balaban J connectivity index is 1.88. The Morgan fingerprint density at radius 3 is 2.85 bits per heavy atom. The third kappa shape index (κ3) is 3.62. The van der Waals surface area contributed by atoms with Gasteiger partial charge in [0.25, 0.3) is 0 Å². The highest BCUT2D eigenvalue weighted by Gasteiger charge is 2.35. The van der Waals surface area contributed by atoms with Crippen LogP contribution in [-0.2, 0) is 6.42 Å². The molecule has 0 saturated carbocycles. The van der Waals surface area contributed by atoms with Crippen LogP contribution in [0, 0.1) is 5.41 Å². The predicted molar refractivity (Wildman–Crippen MR) is 98.5 cm³/mol. The van der Waals surface area contributed by atoms with Crippen molar-refractivity contribution in [1.82, 2.24) is 14.8 Å². The molecule has 1 N–H and O–H groups in total. The molecule has 8 heteroatoms. The fourth-order valence-electron chi connectivity index (χ4n) is 3.33. The van der Waals surface area contributed by atoms with Crippen LogP contribution in [0.3, 0.4) is 0 Å². The molecule has 1 aliphatic rings. The molecule has 0 fully saturated rings. The number of rotatable bonds is 5. The number of ether oxygens (including phenoxy) is 2. The molecule has 140 valence electrons. The minimum absolute atomic E-state index is 0.120. The summed E-state index contributed by atoms with van der Waals surface area (Å²) in [5.41, 5.74) is 1.29. The third-order valence-corrected chi connectivity index (χ3v) is 4.70. The number of hydrogen-bond acceptors (Lipinski definition) is 6. The lowest BCUT2D eigenvalue weighted by Crippen LogP contribution is -2.34. The molecule has 0 bridgehead atoms. The second kappa shape index (κ2) is 7.15. The van der Waals surface area contributed by atoms with Gasteiger partial charge in [-0.05, 0) is 6.07 Å². The molecule has 2 heterocycles. The molecule has 2 aromatic rings. The van der Waals surface area contributed by atoms with Gasteiger partial charge in [0, 0.05) is 34.9 Å². The van der Waals surface area contributed by atoms with Gasteiger partial charge in [0.1, 0.15) is 18.8 Å². The molecular weight excluding hydrogens is 356 g/mol. The second-order valence-electron chi connectivity index (χ2n) is 7.40. The summed E-state index contributed by atoms with van der Waals surface area (Å²) in [5, 5.41) is 18.1. The van der Waals surface area contributed by atoms with Gasteiger partial charge in [0.2, 0.25) is 0 Å². The average molecular weight is 379 g/mol. The van der Waals surface area contributed by atoms with Crippen LogP contribution in [0.25, 0.3) is 0 Å². The Bertz CT molecular complexity index is 800. The van der Waals surface area contributed by atoms with Gasteiger partial charge in [-0.2, -0.15) is 5.10 Å². The van der Waals surface area contributed by atoms with Crippen LogP contribution in [0.5, 0.6) is 11.5 Å². The zero-order valence-electron chi connectivity index (χ0n) is 15.3. The number of methoxy groups -OCH3 is 1. The lowest BCUT2D eigenvalue weighted by Gasteiger charge is -2.29. The minimum Gasteiger partial charge on any atom is -0.493 e. The topological polar surface area (TPSA) is 81.8 Å². The summed E-state index contributed by atoms with van der Waals surface area (Å²) in [4.78, 5) is 4.03. The van der Waals surface area contributed by atoms with Gasteiger partial charge in [0.15, 0.2) is 11.5 Å². The summed E-state index contributed by atoms with van der Waals surface area (Å²) in [6.45, 7) is 6.00. The zero-order valence-corrected chi connectivity index (χ0v) is 16.1. The summed E-state index contributed by atoms with van der Waals surface area (Å²) in [7, 11) is 1.59. The number of hydrogen-bond donors (Lipinski definition) is 1. The van der Waals surface area contributed by atoms with E-state index < -0.39 is 0 Å². The number of halogens is 1. The molecule has 26 heavy (non-hydrogen) atoms. The van der Waals surface area contributed by atoms with Crippen molar-refractivity contribution in [2.75, 3.05) is 7.11 Å². The molecule has 0 aliphatic carbocycles. The monoisotopic (exact) mass is 378 g/mol. The SMILES string of the molecule is COc1cc(Cl)cc2c1OC(CC(C(=NO)C(C)(C)C)n1cncn1)C2. The normalized spacial score (nSPS) is 18.3. The fraction of sp³-hybridized carbons (Fsp3) is 0.500. The van der Waals surface area contributed by atoms with E-state index in [0.29, 0.717) is 29.3 Å². The van der Waals surface area contributed by atoms with Crippen LogP contribution in [-0.4, -0.2) is 38.9 Å². The average Bonchev–Trinajstić information content (AvgIpc) is 3.21. The van der Waals surface area contributed by atoms with Gasteiger partial charge in [0.05, 0.1) is 18.9 Å². The summed E-state index contributed by atoms with van der Waals surface area (Å²) >= 11 is 6.16. The van der Waals surface area contributed by atoms with Crippen molar-refractivity contribution < 1.29 is 14.7 Å². The molecule has 0 spiro atoms. The van der Waals surface area contributed by atoms with Crippen LogP contribution < -0.4 is 9.47 Å². The summed E-state index contributed by atoms with van der Waals surface area (Å²) in [5.74, 6) is 1.34. The molecule has 7 nitrogen and oxygen atoms in total. The maximum atomic E-state index is 9.65. The first-order chi connectivity index (χ1) is 12.3. The van der Waals surface area contributed by atoms with Gasteiger partial charge in [-0.3, -0.25) is 0 Å². The summed E-state index contributed by atoms with van der Waals surface area (Å²) in [6, 6.07) is 3.37. The minimum atomic E-state index is -0.335. The second-order valence-corrected chi connectivity index (χ2v) is 7.84. The largest absolute Gasteiger partial charge is 0.493 e. The smallest absolute Gasteiger partial charge is 0.165 e. The van der Waals surface area contributed by atoms with Crippen LogP contribution in [0.4, 0.5) is 0 Å². The van der Waals surface area contributed by atoms with Crippen molar-refractivity contribution in [3.05, 3.63) is 35.4 Å². The number of oxime groups is 1. The molecule has 0 radical (unpaired) electrons. The van der Waals surface area contributed by atoms with Crippen molar-refractivity contribution in [2.24, 2.45) is 10.6 Å². The first-order valence-corrected chi connectivity index (χ1v) is 8.81. The van der Waals surface area contributed by atoms with E-state index in [-0.39, 0.29) is 17.6 Å². The first kappa shape index (κ1) is 18.5. The van der Waals surface area contributed by atoms with Crippen LogP contribution in [0.15, 0.2) is 29.9 Å². The first-order valence-electron chi connectivity index (χ1n) is 8.43. The van der Waals surface area contributed by atoms with Crippen LogP contribution in [0.1, 0.15) is 38.8 Å². The van der Waals surface area contributed by atoms with Crippen molar-refractivity contribution in [3.8, 4) is 11.5 Å². The van der Waals surface area contributed by atoms with E-state index >= 15 is 0 Å². The highest BCUT2D eigenvalue weighted by molar-refractivity contribution is 6.30. The van der Waals surface area contributed by atoms with Crippen molar-refractivity contribution in [2.45, 2.75) is 45.8 Å². The third-order valence-electron chi connectivity index (χ3n) is 4.48. The maximum absolute atomic E-state index is 9.65. The maximum Gasteiger partial charge on any atom is 0.165 e. The Labute approximate surface area is 157 Å². The van der Waals surface area contributed by atoms with Gasteiger partial charge < -0.3 is 14.7 Å². The summed E-state index contributed by atoms with van der Waals surface area (Å²) < 4.78 is 13.2. The van der Waals surface area contributed by atoms with E-state index in [1.807, 2.05) is 26.8 Å². The highest BCUT2D eigenvalue weighted by atomic mass is 35.5. The van der Waals surface area contributed by atoms with Crippen molar-refractivity contribution >= 4 is 17.3 Å². The molecular formula is C18H23ClN4O3. The molecule has 0 amide bonds. The molecule has 1 aromatic heterocycles. The van der Waals surface area contributed by atoms with E-state index in [9.17, 15) is 5.21 Å². The van der Waals surface area contributed by atoms with Gasteiger partial charge in [-0.15, -0.1) is 0 Å². The number of aromatic nitrogens is 3. The van der Waals surface area contributed by atoms with Gasteiger partial charge in [-0.25, -0.2) is 9.67 Å². The van der Waals surface area contributed by atoms with E-state index in [4.69, 9.17) is 21.1 Å². The molecule has 1 aliphatic heterocycles. The van der Waals surface area contributed by atoms with Crippen molar-refractivity contribution in [1.29, 1.82) is 0 Å². The molecule has 2 unspecified atom stereocenters. The lowest BCUT2D eigenvalue weighted by molar-refractivity contribution is 0.194. The lowest BCUT2D eigenvalue weighted by atomic mass is 9.83. The highest BCUT2D eigenvalue weighted by Crippen LogP contribution is 2.42. The summed E-state index contributed by atoms with van der Waals surface area (Å²) in [6.07, 6.45) is 4.25. The van der Waals surface area contributed by atoms with E-state index in [0.717, 1.165) is 11.3 Å². The van der Waals surface area contributed by atoms with Gasteiger partial charge in [-0.1, -0.05) is 37.5 Å². The Kier molecular flexibility index (Phi) is 5.09. The van der Waals surface area contributed by atoms with Crippen LogP contribution >= 0.6 is 11.6 Å². The van der Waals surface area contributed by atoms with E-state index in [2.05, 4.69) is 15.2 Å². The quantitative estimate of drug-likeness (QED) is 0.486. The molecule has 3 rings (SSSR count). The van der Waals surface area contributed by atoms with Crippen molar-refractivity contribution in [3.63, 3.8) is 0 Å². The Morgan fingerprint density at radius 1 is 1.50 bits per heavy atom. The molecule has 1 aromatic carbocycles. The fourth-order valence-corrected chi connectivity index (χ4v) is 3.56. The Hall–Kier alpha value is -2.28. The van der Waals surface area contributed by atoms with Crippen LogP contribution in [0.2, 0.25) is 5.02 Å². The van der Waals surface area contributed by atoms with Gasteiger partial charge >= 0.3 is 0 Å². The molecule has 2 atom stereocenters. The Morgan fingerprint density at radius 2 is 2.27 bits per heavy atom. The molecule has 0 saturated heterocycles. The number of nitrogens with zero attached hydrogens (tertiary/aromatic N) is 4. The van der Waals surface area contributed by atoms with E-state index in [1.54, 1.807) is 24.2 Å². The number of fused-ring (bicyclic) bond motifs is 1. The standard InChI is InChI=1S/C18H23ClN4O3/c1-18(2,3)17(22-24)14(23-10-20-9-21-23)8-13-6-11-5-12(19)7-15(25-4)16(11)26-13/h5,7,9-10,13-14,24H,6,8H2,1-4H3. The number of benzene rings is 1. The van der Waals surface area contributed by atoms with E-state index in [1.165, 1.54) is 6.33 Å². The zero-order chi connectivity index (χ0) is 18.9. The predicted octanol–water partition coefficient (Wildman–Crippen LogP) is 3.75.